The number of hydrogen-bond donors (Lipinski definition) is 2. The van der Waals surface area contributed by atoms with Crippen LogP contribution >= 0.6 is 38.9 Å². The highest BCUT2D eigenvalue weighted by Crippen LogP contribution is 2.35. The van der Waals surface area contributed by atoms with Crippen LogP contribution < -0.4 is 10.6 Å². The first-order chi connectivity index (χ1) is 9.54. The van der Waals surface area contributed by atoms with E-state index in [-0.39, 0.29) is 18.0 Å². The average molecular weight is 372 g/mol. The van der Waals surface area contributed by atoms with Gasteiger partial charge in [0.2, 0.25) is 5.91 Å². The second kappa shape index (κ2) is 5.48. The van der Waals surface area contributed by atoms with Gasteiger partial charge in [0.05, 0.1) is 4.34 Å². The lowest BCUT2D eigenvalue weighted by Gasteiger charge is -2.17. The summed E-state index contributed by atoms with van der Waals surface area (Å²) in [6.07, 6.45) is 0. The molecule has 1 aromatic heterocycles. The van der Waals surface area contributed by atoms with E-state index in [1.54, 1.807) is 0 Å². The number of nitrogens with one attached hydrogen (secondary N) is 2. The SMILES string of the molecule is CC(NC1C(=O)Nc2cc(Br)ccc21)c1ccc(Cl)s1. The molecule has 2 unspecified atom stereocenters. The number of halogens is 2. The van der Waals surface area contributed by atoms with E-state index in [1.807, 2.05) is 37.3 Å². The van der Waals surface area contributed by atoms with Crippen LogP contribution in [0.1, 0.15) is 29.4 Å². The highest BCUT2D eigenvalue weighted by atomic mass is 79.9. The lowest BCUT2D eigenvalue weighted by molar-refractivity contribution is -0.117. The summed E-state index contributed by atoms with van der Waals surface area (Å²) in [5.41, 5.74) is 1.84. The molecule has 0 fully saturated rings. The van der Waals surface area contributed by atoms with Crippen LogP contribution in [-0.4, -0.2) is 5.91 Å². The van der Waals surface area contributed by atoms with Gasteiger partial charge in [-0.2, -0.15) is 0 Å². The summed E-state index contributed by atoms with van der Waals surface area (Å²) in [5, 5.41) is 6.25. The number of amides is 1. The van der Waals surface area contributed by atoms with Gasteiger partial charge in [-0.25, -0.2) is 0 Å². The fourth-order valence-electron chi connectivity index (χ4n) is 2.29. The van der Waals surface area contributed by atoms with E-state index in [1.165, 1.54) is 11.3 Å². The van der Waals surface area contributed by atoms with Gasteiger partial charge >= 0.3 is 0 Å². The maximum Gasteiger partial charge on any atom is 0.246 e. The Hall–Kier alpha value is -0.880. The summed E-state index contributed by atoms with van der Waals surface area (Å²) in [5.74, 6) is -0.0207. The number of carbonyl (C=O) groups excluding carboxylic acids is 1. The summed E-state index contributed by atoms with van der Waals surface area (Å²) in [4.78, 5) is 13.2. The second-order valence-electron chi connectivity index (χ2n) is 4.68. The average Bonchev–Trinajstić information content (AvgIpc) is 2.94. The molecule has 0 saturated carbocycles. The van der Waals surface area contributed by atoms with Crippen molar-refractivity contribution >= 4 is 50.5 Å². The maximum atomic E-state index is 12.1. The molecular formula is C14H12BrClN2OS. The van der Waals surface area contributed by atoms with Crippen molar-refractivity contribution in [2.24, 2.45) is 0 Å². The topological polar surface area (TPSA) is 41.1 Å². The first-order valence-corrected chi connectivity index (χ1v) is 8.15. The molecule has 1 aliphatic heterocycles. The number of anilines is 1. The molecule has 0 radical (unpaired) electrons. The Balaban J connectivity index is 1.83. The number of thiophene rings is 1. The lowest BCUT2D eigenvalue weighted by Crippen LogP contribution is -2.29. The summed E-state index contributed by atoms with van der Waals surface area (Å²) >= 11 is 10.9. The van der Waals surface area contributed by atoms with Gasteiger partial charge in [-0.3, -0.25) is 10.1 Å². The minimum Gasteiger partial charge on any atom is -0.324 e. The third kappa shape index (κ3) is 2.63. The van der Waals surface area contributed by atoms with E-state index >= 15 is 0 Å². The zero-order valence-electron chi connectivity index (χ0n) is 10.6. The predicted molar refractivity (Wildman–Crippen MR) is 86.4 cm³/mol. The Bertz CT molecular complexity index is 673. The summed E-state index contributed by atoms with van der Waals surface area (Å²) in [6.45, 7) is 2.03. The molecule has 2 heterocycles. The van der Waals surface area contributed by atoms with E-state index in [9.17, 15) is 4.79 Å². The van der Waals surface area contributed by atoms with Crippen molar-refractivity contribution in [1.29, 1.82) is 0 Å². The second-order valence-corrected chi connectivity index (χ2v) is 7.35. The summed E-state index contributed by atoms with van der Waals surface area (Å²) < 4.78 is 1.71. The van der Waals surface area contributed by atoms with E-state index in [0.29, 0.717) is 0 Å². The highest BCUT2D eigenvalue weighted by Gasteiger charge is 2.31. The van der Waals surface area contributed by atoms with Crippen molar-refractivity contribution < 1.29 is 4.79 Å². The molecule has 6 heteroatoms. The number of carbonyl (C=O) groups is 1. The van der Waals surface area contributed by atoms with Crippen molar-refractivity contribution in [2.45, 2.75) is 19.0 Å². The van der Waals surface area contributed by atoms with E-state index in [0.717, 1.165) is 24.9 Å². The van der Waals surface area contributed by atoms with E-state index in [4.69, 9.17) is 11.6 Å². The Labute approximate surface area is 134 Å². The van der Waals surface area contributed by atoms with Crippen LogP contribution in [-0.2, 0) is 4.79 Å². The van der Waals surface area contributed by atoms with Crippen LogP contribution in [0.5, 0.6) is 0 Å². The Kier molecular flexibility index (Phi) is 3.86. The van der Waals surface area contributed by atoms with E-state index < -0.39 is 0 Å². The monoisotopic (exact) mass is 370 g/mol. The molecule has 2 aromatic rings. The molecule has 1 aliphatic rings. The maximum absolute atomic E-state index is 12.1. The van der Waals surface area contributed by atoms with Crippen LogP contribution in [0.3, 0.4) is 0 Å². The van der Waals surface area contributed by atoms with Crippen molar-refractivity contribution in [3.8, 4) is 0 Å². The smallest absolute Gasteiger partial charge is 0.246 e. The first kappa shape index (κ1) is 14.1. The van der Waals surface area contributed by atoms with E-state index in [2.05, 4.69) is 26.6 Å². The van der Waals surface area contributed by atoms with Crippen molar-refractivity contribution in [3.63, 3.8) is 0 Å². The van der Waals surface area contributed by atoms with Gasteiger partial charge in [-0.15, -0.1) is 11.3 Å². The van der Waals surface area contributed by atoms with Gasteiger partial charge in [0.15, 0.2) is 0 Å². The van der Waals surface area contributed by atoms with Gasteiger partial charge in [-0.1, -0.05) is 33.6 Å². The molecule has 0 bridgehead atoms. The molecule has 1 aromatic carbocycles. The van der Waals surface area contributed by atoms with Gasteiger partial charge in [-0.05, 0) is 31.2 Å². The molecule has 0 saturated heterocycles. The van der Waals surface area contributed by atoms with Crippen LogP contribution in [0.2, 0.25) is 4.34 Å². The lowest BCUT2D eigenvalue weighted by atomic mass is 10.1. The third-order valence-electron chi connectivity index (χ3n) is 3.28. The molecule has 0 spiro atoms. The molecule has 3 rings (SSSR count). The summed E-state index contributed by atoms with van der Waals surface area (Å²) in [7, 11) is 0. The minimum absolute atomic E-state index is 0.0207. The zero-order chi connectivity index (χ0) is 14.3. The van der Waals surface area contributed by atoms with Crippen molar-refractivity contribution in [2.75, 3.05) is 5.32 Å². The van der Waals surface area contributed by atoms with Gasteiger partial charge in [0.25, 0.3) is 0 Å². The minimum atomic E-state index is -0.325. The third-order valence-corrected chi connectivity index (χ3v) is 5.19. The van der Waals surface area contributed by atoms with Crippen LogP contribution in [0.15, 0.2) is 34.8 Å². The van der Waals surface area contributed by atoms with Crippen molar-refractivity contribution in [3.05, 3.63) is 49.6 Å². The van der Waals surface area contributed by atoms with Crippen LogP contribution in [0.4, 0.5) is 5.69 Å². The normalized spacial score (nSPS) is 18.8. The fourth-order valence-corrected chi connectivity index (χ4v) is 3.73. The zero-order valence-corrected chi connectivity index (χ0v) is 13.8. The molecule has 3 nitrogen and oxygen atoms in total. The molecule has 0 aliphatic carbocycles. The molecular weight excluding hydrogens is 360 g/mol. The number of hydrogen-bond acceptors (Lipinski definition) is 3. The quantitative estimate of drug-likeness (QED) is 0.833. The Morgan fingerprint density at radius 3 is 2.90 bits per heavy atom. The van der Waals surface area contributed by atoms with Gasteiger partial charge in [0.1, 0.15) is 6.04 Å². The standard InChI is InChI=1S/C14H12BrClN2OS/c1-7(11-4-5-12(16)20-11)17-13-9-3-2-8(15)6-10(9)18-14(13)19/h2-7,13,17H,1H3,(H,18,19). The predicted octanol–water partition coefficient (Wildman–Crippen LogP) is 4.51. The molecule has 2 atom stereocenters. The molecule has 2 N–H and O–H groups in total. The van der Waals surface area contributed by atoms with Crippen LogP contribution in [0, 0.1) is 0 Å². The van der Waals surface area contributed by atoms with Gasteiger partial charge in [0, 0.05) is 26.6 Å². The Morgan fingerprint density at radius 2 is 2.20 bits per heavy atom. The Morgan fingerprint density at radius 1 is 1.40 bits per heavy atom. The summed E-state index contributed by atoms with van der Waals surface area (Å²) in [6, 6.07) is 9.43. The van der Waals surface area contributed by atoms with Crippen LogP contribution in [0.25, 0.3) is 0 Å². The first-order valence-electron chi connectivity index (χ1n) is 6.16. The number of rotatable bonds is 3. The molecule has 1 amide bonds. The van der Waals surface area contributed by atoms with Crippen molar-refractivity contribution in [1.82, 2.24) is 5.32 Å². The largest absolute Gasteiger partial charge is 0.324 e. The number of fused-ring (bicyclic) bond motifs is 1. The molecule has 20 heavy (non-hydrogen) atoms. The molecule has 104 valence electrons. The van der Waals surface area contributed by atoms with Gasteiger partial charge < -0.3 is 5.32 Å². The fraction of sp³-hybridized carbons (Fsp3) is 0.214. The highest BCUT2D eigenvalue weighted by molar-refractivity contribution is 9.10. The number of benzene rings is 1.